The van der Waals surface area contributed by atoms with Crippen LogP contribution in [-0.4, -0.2) is 22.0 Å². The highest BCUT2D eigenvalue weighted by Gasteiger charge is 2.18. The fourth-order valence-electron chi connectivity index (χ4n) is 1.57. The van der Waals surface area contributed by atoms with Gasteiger partial charge in [-0.1, -0.05) is 0 Å². The van der Waals surface area contributed by atoms with E-state index in [1.165, 1.54) is 6.07 Å². The van der Waals surface area contributed by atoms with Crippen molar-refractivity contribution in [2.75, 3.05) is 5.32 Å². The molecule has 0 aliphatic rings. The Morgan fingerprint density at radius 3 is 2.38 bits per heavy atom. The fourth-order valence-corrected chi connectivity index (χ4v) is 1.57. The van der Waals surface area contributed by atoms with Gasteiger partial charge < -0.3 is 10.4 Å². The Morgan fingerprint density at radius 1 is 1.10 bits per heavy atom. The maximum absolute atomic E-state index is 13.2. The Bertz CT molecular complexity index is 735. The molecule has 1 aromatic carbocycles. The van der Waals surface area contributed by atoms with Crippen LogP contribution in [0.2, 0.25) is 0 Å². The lowest BCUT2D eigenvalue weighted by molar-refractivity contribution is 0.0697. The molecule has 2 N–H and O–H groups in total. The molecule has 2 aromatic rings. The van der Waals surface area contributed by atoms with E-state index in [4.69, 9.17) is 5.11 Å². The molecule has 0 saturated heterocycles. The molecule has 1 amide bonds. The summed E-state index contributed by atoms with van der Waals surface area (Å²) >= 11 is 0. The number of carboxylic acids is 1. The SMILES string of the molecule is O=C(Nc1cc(F)c(F)cc1C(=O)O)c1ccnc(F)c1. The van der Waals surface area contributed by atoms with Crippen molar-refractivity contribution in [3.05, 3.63) is 59.2 Å². The molecule has 8 heteroatoms. The molecule has 5 nitrogen and oxygen atoms in total. The molecular weight excluding hydrogens is 289 g/mol. The lowest BCUT2D eigenvalue weighted by atomic mass is 10.1. The predicted octanol–water partition coefficient (Wildman–Crippen LogP) is 2.45. The van der Waals surface area contributed by atoms with Crippen LogP contribution in [-0.2, 0) is 0 Å². The number of amides is 1. The summed E-state index contributed by atoms with van der Waals surface area (Å²) < 4.78 is 39.1. The number of nitrogens with one attached hydrogen (secondary N) is 1. The topological polar surface area (TPSA) is 79.3 Å². The van der Waals surface area contributed by atoms with Crippen molar-refractivity contribution in [1.82, 2.24) is 4.98 Å². The van der Waals surface area contributed by atoms with Crippen molar-refractivity contribution in [3.8, 4) is 0 Å². The van der Waals surface area contributed by atoms with Gasteiger partial charge in [0.05, 0.1) is 11.3 Å². The zero-order valence-corrected chi connectivity index (χ0v) is 10.2. The minimum atomic E-state index is -1.55. The van der Waals surface area contributed by atoms with Gasteiger partial charge in [0.1, 0.15) is 0 Å². The summed E-state index contributed by atoms with van der Waals surface area (Å²) in [7, 11) is 0. The number of carbonyl (C=O) groups is 2. The molecular formula is C13H7F3N2O3. The number of rotatable bonds is 3. The second-order valence-corrected chi connectivity index (χ2v) is 3.94. The third-order valence-electron chi connectivity index (χ3n) is 2.53. The number of anilines is 1. The summed E-state index contributed by atoms with van der Waals surface area (Å²) in [5, 5.41) is 11.0. The van der Waals surface area contributed by atoms with E-state index in [2.05, 4.69) is 10.3 Å². The fraction of sp³-hybridized carbons (Fsp3) is 0. The lowest BCUT2D eigenvalue weighted by Gasteiger charge is -2.09. The highest BCUT2D eigenvalue weighted by atomic mass is 19.2. The Balaban J connectivity index is 2.37. The average molecular weight is 296 g/mol. The van der Waals surface area contributed by atoms with E-state index >= 15 is 0 Å². The number of benzene rings is 1. The number of hydrogen-bond donors (Lipinski definition) is 2. The van der Waals surface area contributed by atoms with Gasteiger partial charge in [0.25, 0.3) is 5.91 Å². The predicted molar refractivity (Wildman–Crippen MR) is 65.5 cm³/mol. The standard InChI is InChI=1S/C13H7F3N2O3/c14-8-4-7(13(20)21)10(5-9(8)15)18-12(19)6-1-2-17-11(16)3-6/h1-5H,(H,18,19)(H,20,21). The van der Waals surface area contributed by atoms with Crippen LogP contribution in [0.4, 0.5) is 18.9 Å². The maximum Gasteiger partial charge on any atom is 0.337 e. The third kappa shape index (κ3) is 3.16. The van der Waals surface area contributed by atoms with E-state index < -0.39 is 40.7 Å². The Morgan fingerprint density at radius 2 is 1.76 bits per heavy atom. The molecule has 2 rings (SSSR count). The summed E-state index contributed by atoms with van der Waals surface area (Å²) in [6.07, 6.45) is 1.04. The van der Waals surface area contributed by atoms with Crippen LogP contribution < -0.4 is 5.32 Å². The number of hydrogen-bond acceptors (Lipinski definition) is 3. The van der Waals surface area contributed by atoms with Gasteiger partial charge in [0, 0.05) is 23.9 Å². The average Bonchev–Trinajstić information content (AvgIpc) is 2.42. The number of aromatic carboxylic acids is 1. The van der Waals surface area contributed by atoms with Crippen LogP contribution in [0.15, 0.2) is 30.5 Å². The van der Waals surface area contributed by atoms with Gasteiger partial charge in [-0.15, -0.1) is 0 Å². The lowest BCUT2D eigenvalue weighted by Crippen LogP contribution is -2.16. The molecule has 0 aliphatic heterocycles. The van der Waals surface area contributed by atoms with Crippen molar-refractivity contribution in [2.24, 2.45) is 0 Å². The molecule has 0 saturated carbocycles. The highest BCUT2D eigenvalue weighted by Crippen LogP contribution is 2.21. The number of pyridine rings is 1. The van der Waals surface area contributed by atoms with E-state index in [1.54, 1.807) is 0 Å². The van der Waals surface area contributed by atoms with Crippen LogP contribution in [0.5, 0.6) is 0 Å². The van der Waals surface area contributed by atoms with E-state index in [9.17, 15) is 22.8 Å². The van der Waals surface area contributed by atoms with Crippen molar-refractivity contribution < 1.29 is 27.9 Å². The van der Waals surface area contributed by atoms with Gasteiger partial charge in [-0.2, -0.15) is 4.39 Å². The van der Waals surface area contributed by atoms with E-state index in [-0.39, 0.29) is 5.56 Å². The third-order valence-corrected chi connectivity index (χ3v) is 2.53. The first-order valence-corrected chi connectivity index (χ1v) is 5.53. The number of carbonyl (C=O) groups excluding carboxylic acids is 1. The quantitative estimate of drug-likeness (QED) is 0.853. The zero-order valence-electron chi connectivity index (χ0n) is 10.2. The van der Waals surface area contributed by atoms with E-state index in [1.807, 2.05) is 0 Å². The van der Waals surface area contributed by atoms with Gasteiger partial charge in [-0.25, -0.2) is 18.6 Å². The summed E-state index contributed by atoms with van der Waals surface area (Å²) in [6.45, 7) is 0. The molecule has 0 unspecified atom stereocenters. The molecule has 1 aromatic heterocycles. The number of nitrogens with zero attached hydrogens (tertiary/aromatic N) is 1. The van der Waals surface area contributed by atoms with Gasteiger partial charge in [-0.05, 0) is 12.1 Å². The minimum Gasteiger partial charge on any atom is -0.478 e. The molecule has 21 heavy (non-hydrogen) atoms. The van der Waals surface area contributed by atoms with Crippen molar-refractivity contribution >= 4 is 17.6 Å². The maximum atomic E-state index is 13.2. The largest absolute Gasteiger partial charge is 0.478 e. The molecule has 0 fully saturated rings. The van der Waals surface area contributed by atoms with Crippen LogP contribution in [0.25, 0.3) is 0 Å². The van der Waals surface area contributed by atoms with E-state index in [0.29, 0.717) is 12.1 Å². The smallest absolute Gasteiger partial charge is 0.337 e. The summed E-state index contributed by atoms with van der Waals surface area (Å²) in [5.41, 5.74) is -1.22. The second-order valence-electron chi connectivity index (χ2n) is 3.94. The Kier molecular flexibility index (Phi) is 3.88. The molecule has 1 heterocycles. The van der Waals surface area contributed by atoms with Crippen molar-refractivity contribution in [2.45, 2.75) is 0 Å². The molecule has 0 radical (unpaired) electrons. The molecule has 0 atom stereocenters. The summed E-state index contributed by atoms with van der Waals surface area (Å²) in [4.78, 5) is 26.0. The number of aromatic nitrogens is 1. The monoisotopic (exact) mass is 296 g/mol. The van der Waals surface area contributed by atoms with Gasteiger partial charge in [0.2, 0.25) is 5.95 Å². The van der Waals surface area contributed by atoms with Crippen molar-refractivity contribution in [1.29, 1.82) is 0 Å². The molecule has 0 spiro atoms. The number of halogens is 3. The first-order chi connectivity index (χ1) is 9.88. The van der Waals surface area contributed by atoms with Gasteiger partial charge >= 0.3 is 5.97 Å². The molecule has 0 bridgehead atoms. The zero-order chi connectivity index (χ0) is 15.6. The summed E-state index contributed by atoms with van der Waals surface area (Å²) in [5.74, 6) is -6.03. The van der Waals surface area contributed by atoms with Gasteiger partial charge in [0.15, 0.2) is 11.6 Å². The van der Waals surface area contributed by atoms with Crippen LogP contribution in [0.3, 0.4) is 0 Å². The van der Waals surface area contributed by atoms with Crippen LogP contribution >= 0.6 is 0 Å². The Hall–Kier alpha value is -2.90. The highest BCUT2D eigenvalue weighted by molar-refractivity contribution is 6.07. The second kappa shape index (κ2) is 5.61. The minimum absolute atomic E-state index is 0.149. The van der Waals surface area contributed by atoms with Crippen LogP contribution in [0, 0.1) is 17.6 Å². The first-order valence-electron chi connectivity index (χ1n) is 5.53. The Labute approximate surface area is 116 Å². The number of carboxylic acid groups (broad SMARTS) is 1. The first kappa shape index (κ1) is 14.5. The normalized spacial score (nSPS) is 10.2. The molecule has 0 aliphatic carbocycles. The van der Waals surface area contributed by atoms with Crippen LogP contribution in [0.1, 0.15) is 20.7 Å². The summed E-state index contributed by atoms with van der Waals surface area (Å²) in [6, 6.07) is 2.98. The molecule has 108 valence electrons. The van der Waals surface area contributed by atoms with Crippen molar-refractivity contribution in [3.63, 3.8) is 0 Å². The van der Waals surface area contributed by atoms with Gasteiger partial charge in [-0.3, -0.25) is 4.79 Å². The van der Waals surface area contributed by atoms with E-state index in [0.717, 1.165) is 12.3 Å².